The van der Waals surface area contributed by atoms with E-state index in [0.717, 1.165) is 19.3 Å². The van der Waals surface area contributed by atoms with Crippen LogP contribution in [0.15, 0.2) is 30.3 Å². The summed E-state index contributed by atoms with van der Waals surface area (Å²) in [5, 5.41) is 0. The Hall–Kier alpha value is -1.44. The van der Waals surface area contributed by atoms with Crippen molar-refractivity contribution in [3.63, 3.8) is 0 Å². The van der Waals surface area contributed by atoms with E-state index in [1.165, 1.54) is 0 Å². The van der Waals surface area contributed by atoms with Crippen molar-refractivity contribution in [1.82, 2.24) is 14.3 Å². The number of amides is 1. The average Bonchev–Trinajstić information content (AvgIpc) is 2.54. The number of hydrogen-bond acceptors (Lipinski definition) is 3. The van der Waals surface area contributed by atoms with Crippen LogP contribution in [0.4, 0.5) is 0 Å². The van der Waals surface area contributed by atoms with E-state index in [1.54, 1.807) is 36.1 Å². The molecule has 1 unspecified atom stereocenters. The minimum absolute atomic E-state index is 0.188. The van der Waals surface area contributed by atoms with Crippen LogP contribution in [0.5, 0.6) is 0 Å². The zero-order valence-corrected chi connectivity index (χ0v) is 13.6. The van der Waals surface area contributed by atoms with Crippen LogP contribution in [0.25, 0.3) is 0 Å². The highest BCUT2D eigenvalue weighted by Gasteiger charge is 2.30. The van der Waals surface area contributed by atoms with E-state index in [4.69, 9.17) is 0 Å². The maximum absolute atomic E-state index is 12.8. The molecule has 6 nitrogen and oxygen atoms in total. The van der Waals surface area contributed by atoms with Gasteiger partial charge in [0.1, 0.15) is 6.04 Å². The van der Waals surface area contributed by atoms with Crippen molar-refractivity contribution in [3.05, 3.63) is 35.9 Å². The molecular weight excluding hydrogens is 302 g/mol. The van der Waals surface area contributed by atoms with Crippen LogP contribution in [-0.2, 0) is 15.0 Å². The van der Waals surface area contributed by atoms with Gasteiger partial charge in [0.15, 0.2) is 0 Å². The molecule has 1 aliphatic heterocycles. The first-order chi connectivity index (χ1) is 10.5. The van der Waals surface area contributed by atoms with E-state index < -0.39 is 16.3 Å². The van der Waals surface area contributed by atoms with Gasteiger partial charge in [-0.05, 0) is 24.8 Å². The lowest BCUT2D eigenvalue weighted by Crippen LogP contribution is -2.47. The van der Waals surface area contributed by atoms with Gasteiger partial charge in [0.25, 0.3) is 10.2 Å². The molecule has 1 aromatic carbocycles. The van der Waals surface area contributed by atoms with Crippen molar-refractivity contribution in [2.75, 3.05) is 19.6 Å². The van der Waals surface area contributed by atoms with Gasteiger partial charge in [-0.15, -0.1) is 0 Å². The molecule has 1 aliphatic rings. The molecule has 1 aromatic rings. The third-order valence-electron chi connectivity index (χ3n) is 3.65. The minimum atomic E-state index is -3.71. The summed E-state index contributed by atoms with van der Waals surface area (Å²) in [4.78, 5) is 14.5. The highest BCUT2D eigenvalue weighted by molar-refractivity contribution is 7.87. The number of carbonyl (C=O) groups is 1. The van der Waals surface area contributed by atoms with Gasteiger partial charge >= 0.3 is 0 Å². The van der Waals surface area contributed by atoms with Crippen molar-refractivity contribution in [2.24, 2.45) is 0 Å². The molecule has 1 amide bonds. The summed E-state index contributed by atoms with van der Waals surface area (Å²) in [6.45, 7) is 3.34. The highest BCUT2D eigenvalue weighted by Crippen LogP contribution is 2.19. The van der Waals surface area contributed by atoms with E-state index in [1.807, 2.05) is 6.07 Å². The van der Waals surface area contributed by atoms with Crippen molar-refractivity contribution < 1.29 is 13.2 Å². The van der Waals surface area contributed by atoms with Crippen LogP contribution in [-0.4, -0.2) is 38.9 Å². The third-order valence-corrected chi connectivity index (χ3v) is 4.87. The molecule has 0 saturated carbocycles. The molecule has 22 heavy (non-hydrogen) atoms. The Kier molecular flexibility index (Phi) is 5.93. The molecular formula is C15H23N3O3S. The molecule has 0 spiro atoms. The average molecular weight is 325 g/mol. The van der Waals surface area contributed by atoms with Crippen LogP contribution < -0.4 is 9.44 Å². The smallest absolute Gasteiger partial charge is 0.277 e. The number of rotatable bonds is 6. The van der Waals surface area contributed by atoms with Crippen LogP contribution in [0.3, 0.4) is 0 Å². The maximum atomic E-state index is 12.8. The second-order valence-corrected chi connectivity index (χ2v) is 6.88. The topological polar surface area (TPSA) is 78.5 Å². The largest absolute Gasteiger partial charge is 0.341 e. The highest BCUT2D eigenvalue weighted by atomic mass is 32.2. The molecule has 0 radical (unpaired) electrons. The van der Waals surface area contributed by atoms with E-state index in [0.29, 0.717) is 18.7 Å². The SMILES string of the molecule is CCNS(=O)(=O)NC(C(=O)N1CCCCC1)c1ccccc1. The summed E-state index contributed by atoms with van der Waals surface area (Å²) in [7, 11) is -3.71. The van der Waals surface area contributed by atoms with Gasteiger partial charge in [0.05, 0.1) is 0 Å². The number of likely N-dealkylation sites (tertiary alicyclic amines) is 1. The monoisotopic (exact) mass is 325 g/mol. The quantitative estimate of drug-likeness (QED) is 0.824. The fourth-order valence-electron chi connectivity index (χ4n) is 2.59. The van der Waals surface area contributed by atoms with E-state index in [9.17, 15) is 13.2 Å². The molecule has 7 heteroatoms. The van der Waals surface area contributed by atoms with E-state index >= 15 is 0 Å². The molecule has 2 N–H and O–H groups in total. The third kappa shape index (κ3) is 4.53. The first-order valence-electron chi connectivity index (χ1n) is 7.64. The van der Waals surface area contributed by atoms with Gasteiger partial charge in [0.2, 0.25) is 5.91 Å². The molecule has 0 aromatic heterocycles. The predicted molar refractivity (Wildman–Crippen MR) is 85.3 cm³/mol. The lowest BCUT2D eigenvalue weighted by Gasteiger charge is -2.30. The van der Waals surface area contributed by atoms with Gasteiger partial charge in [-0.1, -0.05) is 37.3 Å². The fourth-order valence-corrected chi connectivity index (χ4v) is 3.60. The lowest BCUT2D eigenvalue weighted by molar-refractivity contribution is -0.134. The van der Waals surface area contributed by atoms with Crippen LogP contribution in [0, 0.1) is 0 Å². The number of benzene rings is 1. The maximum Gasteiger partial charge on any atom is 0.277 e. The van der Waals surface area contributed by atoms with Gasteiger partial charge < -0.3 is 4.90 Å². The second kappa shape index (κ2) is 7.71. The van der Waals surface area contributed by atoms with Crippen molar-refractivity contribution in [1.29, 1.82) is 0 Å². The normalized spacial score (nSPS) is 17.2. The molecule has 1 atom stereocenters. The molecule has 1 fully saturated rings. The first kappa shape index (κ1) is 16.9. The lowest BCUT2D eigenvalue weighted by atomic mass is 10.0. The fraction of sp³-hybridized carbons (Fsp3) is 0.533. The Morgan fingerprint density at radius 3 is 2.41 bits per heavy atom. The predicted octanol–water partition coefficient (Wildman–Crippen LogP) is 1.18. The molecule has 122 valence electrons. The van der Waals surface area contributed by atoms with Gasteiger partial charge in [-0.2, -0.15) is 13.1 Å². The van der Waals surface area contributed by atoms with Crippen molar-refractivity contribution >= 4 is 16.1 Å². The standard InChI is InChI=1S/C15H23N3O3S/c1-2-16-22(20,21)17-14(13-9-5-3-6-10-13)15(19)18-11-7-4-8-12-18/h3,5-6,9-10,14,16-17H,2,4,7-8,11-12H2,1H3. The zero-order chi connectivity index (χ0) is 16.0. The van der Waals surface area contributed by atoms with Crippen LogP contribution >= 0.6 is 0 Å². The van der Waals surface area contributed by atoms with E-state index in [-0.39, 0.29) is 12.5 Å². The van der Waals surface area contributed by atoms with Gasteiger partial charge in [0, 0.05) is 19.6 Å². The Balaban J connectivity index is 2.23. The summed E-state index contributed by atoms with van der Waals surface area (Å²) >= 11 is 0. The summed E-state index contributed by atoms with van der Waals surface area (Å²) in [5.41, 5.74) is 0.652. The van der Waals surface area contributed by atoms with Crippen LogP contribution in [0.1, 0.15) is 37.8 Å². The Morgan fingerprint density at radius 1 is 1.18 bits per heavy atom. The number of hydrogen-bond donors (Lipinski definition) is 2. The van der Waals surface area contributed by atoms with Crippen LogP contribution in [0.2, 0.25) is 0 Å². The van der Waals surface area contributed by atoms with Gasteiger partial charge in [-0.25, -0.2) is 4.72 Å². The molecule has 1 heterocycles. The van der Waals surface area contributed by atoms with Gasteiger partial charge in [-0.3, -0.25) is 4.79 Å². The second-order valence-electron chi connectivity index (χ2n) is 5.35. The number of piperidine rings is 1. The van der Waals surface area contributed by atoms with Crippen molar-refractivity contribution in [3.8, 4) is 0 Å². The first-order valence-corrected chi connectivity index (χ1v) is 9.12. The zero-order valence-electron chi connectivity index (χ0n) is 12.8. The Labute approximate surface area is 132 Å². The number of nitrogens with one attached hydrogen (secondary N) is 2. The van der Waals surface area contributed by atoms with Crippen molar-refractivity contribution in [2.45, 2.75) is 32.2 Å². The Bertz CT molecular complexity index is 583. The molecule has 1 saturated heterocycles. The summed E-state index contributed by atoms with van der Waals surface area (Å²) in [6, 6.07) is 8.08. The number of nitrogens with zero attached hydrogens (tertiary/aromatic N) is 1. The number of carbonyl (C=O) groups excluding carboxylic acids is 1. The molecule has 2 rings (SSSR count). The summed E-state index contributed by atoms with van der Waals surface area (Å²) in [6.07, 6.45) is 3.04. The minimum Gasteiger partial charge on any atom is -0.341 e. The Morgan fingerprint density at radius 2 is 1.82 bits per heavy atom. The summed E-state index contributed by atoms with van der Waals surface area (Å²) < 4.78 is 28.9. The van der Waals surface area contributed by atoms with E-state index in [2.05, 4.69) is 9.44 Å². The summed E-state index contributed by atoms with van der Waals surface area (Å²) in [5.74, 6) is -0.188. The molecule has 0 bridgehead atoms. The molecule has 0 aliphatic carbocycles.